The molecule has 0 radical (unpaired) electrons. The van der Waals surface area contributed by atoms with Crippen LogP contribution in [0.1, 0.15) is 24.5 Å². The number of ether oxygens (including phenoxy) is 2. The van der Waals surface area contributed by atoms with Crippen molar-refractivity contribution >= 4 is 5.91 Å². The largest absolute Gasteiger partial charge is 0.485 e. The van der Waals surface area contributed by atoms with E-state index < -0.39 is 12.2 Å². The molecule has 0 bridgehead atoms. The Morgan fingerprint density at radius 3 is 2.38 bits per heavy atom. The van der Waals surface area contributed by atoms with Crippen molar-refractivity contribution in [1.29, 1.82) is 0 Å². The number of piperidine rings is 1. The van der Waals surface area contributed by atoms with Gasteiger partial charge in [-0.3, -0.25) is 4.79 Å². The standard InChI is InChI=1S/C21H23NO4/c23-20(15-6-2-1-3-7-15)16-10-12-22(13-11-16)21(24)19-14-25-17-8-4-5-9-18(17)26-19/h1-9,16,19-20,23H,10-14H2. The predicted octanol–water partition coefficient (Wildman–Crippen LogP) is 2.80. The number of rotatable bonds is 3. The van der Waals surface area contributed by atoms with Gasteiger partial charge in [-0.25, -0.2) is 0 Å². The zero-order valence-electron chi connectivity index (χ0n) is 14.6. The third-order valence-corrected chi connectivity index (χ3v) is 5.22. The number of hydrogen-bond donors (Lipinski definition) is 1. The van der Waals surface area contributed by atoms with Crippen LogP contribution in [0.2, 0.25) is 0 Å². The van der Waals surface area contributed by atoms with Crippen molar-refractivity contribution in [2.45, 2.75) is 25.0 Å². The van der Waals surface area contributed by atoms with Crippen LogP contribution < -0.4 is 9.47 Å². The molecule has 4 rings (SSSR count). The molecule has 0 saturated carbocycles. The van der Waals surface area contributed by atoms with Crippen LogP contribution in [0, 0.1) is 5.92 Å². The summed E-state index contributed by atoms with van der Waals surface area (Å²) in [5.41, 5.74) is 0.942. The number of fused-ring (bicyclic) bond motifs is 1. The van der Waals surface area contributed by atoms with Gasteiger partial charge in [-0.05, 0) is 36.5 Å². The van der Waals surface area contributed by atoms with Gasteiger partial charge in [0.2, 0.25) is 6.10 Å². The van der Waals surface area contributed by atoms with Gasteiger partial charge in [0.1, 0.15) is 6.61 Å². The Hall–Kier alpha value is -2.53. The lowest BCUT2D eigenvalue weighted by Crippen LogP contribution is -2.49. The monoisotopic (exact) mass is 353 g/mol. The summed E-state index contributed by atoms with van der Waals surface area (Å²) in [4.78, 5) is 14.6. The van der Waals surface area contributed by atoms with Crippen LogP contribution in [0.4, 0.5) is 0 Å². The number of amides is 1. The van der Waals surface area contributed by atoms with Gasteiger partial charge in [0.15, 0.2) is 11.5 Å². The fraction of sp³-hybridized carbons (Fsp3) is 0.381. The first-order valence-corrected chi connectivity index (χ1v) is 9.12. The summed E-state index contributed by atoms with van der Waals surface area (Å²) in [6.07, 6.45) is 0.493. The van der Waals surface area contributed by atoms with E-state index in [-0.39, 0.29) is 18.4 Å². The average Bonchev–Trinajstić information content (AvgIpc) is 2.73. The second kappa shape index (κ2) is 7.38. The molecule has 2 unspecified atom stereocenters. The second-order valence-electron chi connectivity index (χ2n) is 6.88. The van der Waals surface area contributed by atoms with Gasteiger partial charge in [0, 0.05) is 13.1 Å². The number of carbonyl (C=O) groups is 1. The zero-order chi connectivity index (χ0) is 17.9. The minimum absolute atomic E-state index is 0.0350. The van der Waals surface area contributed by atoms with Crippen LogP contribution >= 0.6 is 0 Å². The maximum absolute atomic E-state index is 12.8. The number of carbonyl (C=O) groups excluding carboxylic acids is 1. The van der Waals surface area contributed by atoms with Crippen LogP contribution in [-0.2, 0) is 4.79 Å². The number of likely N-dealkylation sites (tertiary alicyclic amines) is 1. The van der Waals surface area contributed by atoms with Crippen molar-refractivity contribution in [2.75, 3.05) is 19.7 Å². The highest BCUT2D eigenvalue weighted by molar-refractivity contribution is 5.82. The highest BCUT2D eigenvalue weighted by Crippen LogP contribution is 2.33. The van der Waals surface area contributed by atoms with E-state index >= 15 is 0 Å². The minimum Gasteiger partial charge on any atom is -0.485 e. The lowest BCUT2D eigenvalue weighted by molar-refractivity contribution is -0.143. The number of aliphatic hydroxyl groups excluding tert-OH is 1. The van der Waals surface area contributed by atoms with E-state index in [2.05, 4.69) is 0 Å². The maximum atomic E-state index is 12.8. The first-order valence-electron chi connectivity index (χ1n) is 9.12. The van der Waals surface area contributed by atoms with Crippen LogP contribution in [-0.4, -0.2) is 41.7 Å². The van der Waals surface area contributed by atoms with Crippen molar-refractivity contribution in [3.05, 3.63) is 60.2 Å². The molecule has 2 atom stereocenters. The zero-order valence-corrected chi connectivity index (χ0v) is 14.6. The summed E-state index contributed by atoms with van der Waals surface area (Å²) in [6.45, 7) is 1.51. The van der Waals surface area contributed by atoms with Gasteiger partial charge in [-0.2, -0.15) is 0 Å². The number of benzene rings is 2. The average molecular weight is 353 g/mol. The SMILES string of the molecule is O=C(C1COc2ccccc2O1)N1CCC(C(O)c2ccccc2)CC1. The predicted molar refractivity (Wildman–Crippen MR) is 97.1 cm³/mol. The van der Waals surface area contributed by atoms with Crippen molar-refractivity contribution < 1.29 is 19.4 Å². The van der Waals surface area contributed by atoms with Crippen LogP contribution in [0.3, 0.4) is 0 Å². The topological polar surface area (TPSA) is 59.0 Å². The van der Waals surface area contributed by atoms with E-state index in [9.17, 15) is 9.90 Å². The Morgan fingerprint density at radius 2 is 1.65 bits per heavy atom. The first-order chi connectivity index (χ1) is 12.7. The van der Waals surface area contributed by atoms with Gasteiger partial charge < -0.3 is 19.5 Å². The molecule has 26 heavy (non-hydrogen) atoms. The smallest absolute Gasteiger partial charge is 0.267 e. The molecule has 2 aromatic carbocycles. The molecular weight excluding hydrogens is 330 g/mol. The van der Waals surface area contributed by atoms with E-state index in [1.807, 2.05) is 59.5 Å². The molecule has 0 spiro atoms. The summed E-state index contributed by atoms with van der Waals surface area (Å²) >= 11 is 0. The van der Waals surface area contributed by atoms with Crippen LogP contribution in [0.15, 0.2) is 54.6 Å². The molecule has 0 aliphatic carbocycles. The van der Waals surface area contributed by atoms with Gasteiger partial charge in [0.05, 0.1) is 6.10 Å². The Labute approximate surface area is 153 Å². The quantitative estimate of drug-likeness (QED) is 0.922. The van der Waals surface area contributed by atoms with E-state index in [1.165, 1.54) is 0 Å². The van der Waals surface area contributed by atoms with E-state index in [0.717, 1.165) is 18.4 Å². The summed E-state index contributed by atoms with van der Waals surface area (Å²) in [7, 11) is 0. The lowest BCUT2D eigenvalue weighted by atomic mass is 9.87. The highest BCUT2D eigenvalue weighted by atomic mass is 16.6. The summed E-state index contributed by atoms with van der Waals surface area (Å²) in [6, 6.07) is 17.1. The Balaban J connectivity index is 1.34. The molecule has 136 valence electrons. The molecule has 2 aliphatic heterocycles. The van der Waals surface area contributed by atoms with Crippen molar-refractivity contribution in [1.82, 2.24) is 4.90 Å². The Morgan fingerprint density at radius 1 is 1.00 bits per heavy atom. The Kier molecular flexibility index (Phi) is 4.80. The first kappa shape index (κ1) is 16.9. The van der Waals surface area contributed by atoms with Crippen molar-refractivity contribution in [2.24, 2.45) is 5.92 Å². The van der Waals surface area contributed by atoms with Gasteiger partial charge in [-0.1, -0.05) is 42.5 Å². The maximum Gasteiger partial charge on any atom is 0.267 e. The van der Waals surface area contributed by atoms with E-state index in [4.69, 9.17) is 9.47 Å². The molecule has 2 aromatic rings. The minimum atomic E-state index is -0.597. The molecule has 2 heterocycles. The molecule has 0 aromatic heterocycles. The molecule has 1 fully saturated rings. The van der Waals surface area contributed by atoms with Crippen molar-refractivity contribution in [3.63, 3.8) is 0 Å². The summed E-state index contributed by atoms with van der Waals surface area (Å²) < 4.78 is 11.5. The molecule has 1 N–H and O–H groups in total. The summed E-state index contributed by atoms with van der Waals surface area (Å²) in [5.74, 6) is 1.44. The molecule has 2 aliphatic rings. The van der Waals surface area contributed by atoms with Crippen LogP contribution in [0.25, 0.3) is 0 Å². The van der Waals surface area contributed by atoms with Crippen LogP contribution in [0.5, 0.6) is 11.5 Å². The molecule has 1 amide bonds. The van der Waals surface area contributed by atoms with Gasteiger partial charge in [-0.15, -0.1) is 0 Å². The number of para-hydroxylation sites is 2. The Bertz CT molecular complexity index is 756. The fourth-order valence-electron chi connectivity index (χ4n) is 3.70. The normalized spacial score (nSPS) is 21.3. The number of aliphatic hydroxyl groups is 1. The van der Waals surface area contributed by atoms with E-state index in [1.54, 1.807) is 0 Å². The molecule has 5 nitrogen and oxygen atoms in total. The molecule has 1 saturated heterocycles. The third kappa shape index (κ3) is 3.40. The van der Waals surface area contributed by atoms with Gasteiger partial charge in [0.25, 0.3) is 5.91 Å². The fourth-order valence-corrected chi connectivity index (χ4v) is 3.70. The highest BCUT2D eigenvalue weighted by Gasteiger charge is 2.34. The lowest BCUT2D eigenvalue weighted by Gasteiger charge is -2.36. The van der Waals surface area contributed by atoms with Gasteiger partial charge >= 0.3 is 0 Å². The molecule has 5 heteroatoms. The second-order valence-corrected chi connectivity index (χ2v) is 6.88. The van der Waals surface area contributed by atoms with Crippen molar-refractivity contribution in [3.8, 4) is 11.5 Å². The van der Waals surface area contributed by atoms with E-state index in [0.29, 0.717) is 24.6 Å². The third-order valence-electron chi connectivity index (χ3n) is 5.22. The summed E-state index contributed by atoms with van der Waals surface area (Å²) in [5, 5.41) is 10.6. The number of hydrogen-bond acceptors (Lipinski definition) is 4. The number of nitrogens with zero attached hydrogens (tertiary/aromatic N) is 1. The molecular formula is C21H23NO4.